The molecular formula is C31H20N2O. The highest BCUT2D eigenvalue weighted by Gasteiger charge is 2.26. The van der Waals surface area contributed by atoms with E-state index in [0.717, 1.165) is 50.7 Å². The molecule has 160 valence electrons. The summed E-state index contributed by atoms with van der Waals surface area (Å²) in [6, 6.07) is 41.8. The van der Waals surface area contributed by atoms with Crippen molar-refractivity contribution in [2.75, 3.05) is 4.90 Å². The summed E-state index contributed by atoms with van der Waals surface area (Å²) < 4.78 is 6.42. The second kappa shape index (κ2) is 7.46. The van der Waals surface area contributed by atoms with Gasteiger partial charge in [-0.2, -0.15) is 0 Å². The number of ether oxygens (including phenoxy) is 1. The van der Waals surface area contributed by atoms with E-state index in [9.17, 15) is 0 Å². The smallest absolute Gasteiger partial charge is 0.152 e. The average molecular weight is 437 g/mol. The zero-order valence-electron chi connectivity index (χ0n) is 18.3. The third kappa shape index (κ3) is 2.87. The fourth-order valence-corrected chi connectivity index (χ4v) is 4.88. The zero-order valence-corrected chi connectivity index (χ0v) is 18.3. The molecule has 7 rings (SSSR count). The number of hydrogen-bond acceptors (Lipinski definition) is 3. The van der Waals surface area contributed by atoms with Gasteiger partial charge in [0.15, 0.2) is 11.5 Å². The Kier molecular flexibility index (Phi) is 4.15. The topological polar surface area (TPSA) is 25.4 Å². The van der Waals surface area contributed by atoms with E-state index in [2.05, 4.69) is 95.9 Å². The summed E-state index contributed by atoms with van der Waals surface area (Å²) in [5.74, 6) is 1.66. The van der Waals surface area contributed by atoms with E-state index in [1.54, 1.807) is 0 Å². The molecule has 1 aliphatic rings. The summed E-state index contributed by atoms with van der Waals surface area (Å²) in [4.78, 5) is 7.33. The largest absolute Gasteiger partial charge is 0.453 e. The fourth-order valence-electron chi connectivity index (χ4n) is 4.88. The lowest BCUT2D eigenvalue weighted by atomic mass is 9.99. The summed E-state index contributed by atoms with van der Waals surface area (Å²) in [5.41, 5.74) is 6.13. The van der Waals surface area contributed by atoms with Crippen LogP contribution in [0.1, 0.15) is 0 Å². The fraction of sp³-hybridized carbons (Fsp3) is 0. The van der Waals surface area contributed by atoms with E-state index < -0.39 is 0 Å². The lowest BCUT2D eigenvalue weighted by molar-refractivity contribution is 0.477. The zero-order chi connectivity index (χ0) is 22.5. The molecule has 1 aromatic heterocycles. The molecule has 0 unspecified atom stereocenters. The summed E-state index contributed by atoms with van der Waals surface area (Å²) in [7, 11) is 0. The second-order valence-electron chi connectivity index (χ2n) is 8.45. The average Bonchev–Trinajstić information content (AvgIpc) is 2.91. The Morgan fingerprint density at radius 1 is 0.529 bits per heavy atom. The SMILES string of the molecule is c1ccc(N2c3ccccc3Oc3cc(-c4nc5ccccc5c5ccccc45)ccc32)cc1. The van der Waals surface area contributed by atoms with Crippen LogP contribution < -0.4 is 9.64 Å². The van der Waals surface area contributed by atoms with Gasteiger partial charge in [-0.25, -0.2) is 4.98 Å². The maximum absolute atomic E-state index is 6.42. The number of pyridine rings is 1. The van der Waals surface area contributed by atoms with Gasteiger partial charge in [-0.05, 0) is 47.9 Å². The highest BCUT2D eigenvalue weighted by molar-refractivity contribution is 6.11. The van der Waals surface area contributed by atoms with Gasteiger partial charge in [0.1, 0.15) is 0 Å². The molecule has 5 aromatic carbocycles. The van der Waals surface area contributed by atoms with Crippen LogP contribution in [0.15, 0.2) is 121 Å². The Morgan fingerprint density at radius 3 is 2.09 bits per heavy atom. The van der Waals surface area contributed by atoms with Gasteiger partial charge in [0.25, 0.3) is 0 Å². The highest BCUT2D eigenvalue weighted by atomic mass is 16.5. The van der Waals surface area contributed by atoms with Gasteiger partial charge in [-0.3, -0.25) is 0 Å². The molecule has 0 aliphatic carbocycles. The van der Waals surface area contributed by atoms with Gasteiger partial charge in [0.05, 0.1) is 22.6 Å². The van der Waals surface area contributed by atoms with Gasteiger partial charge in [-0.1, -0.05) is 78.9 Å². The summed E-state index contributed by atoms with van der Waals surface area (Å²) in [5, 5.41) is 3.51. The van der Waals surface area contributed by atoms with E-state index in [4.69, 9.17) is 9.72 Å². The van der Waals surface area contributed by atoms with Crippen LogP contribution in [0.3, 0.4) is 0 Å². The van der Waals surface area contributed by atoms with Crippen LogP contribution >= 0.6 is 0 Å². The first-order valence-electron chi connectivity index (χ1n) is 11.4. The van der Waals surface area contributed by atoms with E-state index in [1.165, 1.54) is 10.8 Å². The second-order valence-corrected chi connectivity index (χ2v) is 8.45. The van der Waals surface area contributed by atoms with Crippen LogP contribution in [-0.4, -0.2) is 4.98 Å². The molecule has 3 heteroatoms. The number of hydrogen-bond donors (Lipinski definition) is 0. The molecule has 3 nitrogen and oxygen atoms in total. The van der Waals surface area contributed by atoms with Crippen LogP contribution in [-0.2, 0) is 0 Å². The van der Waals surface area contributed by atoms with E-state index in [1.807, 2.05) is 30.3 Å². The van der Waals surface area contributed by atoms with Crippen molar-refractivity contribution >= 4 is 38.7 Å². The van der Waals surface area contributed by atoms with Crippen molar-refractivity contribution in [1.29, 1.82) is 0 Å². The minimum atomic E-state index is 0.819. The number of para-hydroxylation sites is 4. The van der Waals surface area contributed by atoms with Crippen LogP contribution in [0.2, 0.25) is 0 Å². The number of fused-ring (bicyclic) bond motifs is 5. The molecule has 0 atom stereocenters. The van der Waals surface area contributed by atoms with Crippen LogP contribution in [0.4, 0.5) is 17.1 Å². The van der Waals surface area contributed by atoms with Gasteiger partial charge in [0, 0.05) is 22.0 Å². The van der Waals surface area contributed by atoms with Crippen LogP contribution in [0.5, 0.6) is 11.5 Å². The van der Waals surface area contributed by atoms with Crippen LogP contribution in [0, 0.1) is 0 Å². The van der Waals surface area contributed by atoms with E-state index >= 15 is 0 Å². The van der Waals surface area contributed by atoms with E-state index in [0.29, 0.717) is 0 Å². The molecule has 0 amide bonds. The monoisotopic (exact) mass is 436 g/mol. The Labute approximate surface area is 197 Å². The molecule has 0 fully saturated rings. The molecule has 0 spiro atoms. The number of benzene rings is 5. The lowest BCUT2D eigenvalue weighted by Gasteiger charge is -2.33. The molecule has 0 radical (unpaired) electrons. The third-order valence-corrected chi connectivity index (χ3v) is 6.42. The van der Waals surface area contributed by atoms with Crippen molar-refractivity contribution in [3.8, 4) is 22.8 Å². The quantitative estimate of drug-likeness (QED) is 0.254. The van der Waals surface area contributed by atoms with Crippen molar-refractivity contribution in [2.45, 2.75) is 0 Å². The first-order valence-corrected chi connectivity index (χ1v) is 11.4. The first-order chi connectivity index (χ1) is 16.9. The molecular weight excluding hydrogens is 416 g/mol. The Morgan fingerprint density at radius 2 is 1.21 bits per heavy atom. The van der Waals surface area contributed by atoms with Crippen molar-refractivity contribution in [1.82, 2.24) is 4.98 Å². The maximum Gasteiger partial charge on any atom is 0.152 e. The van der Waals surface area contributed by atoms with E-state index in [-0.39, 0.29) is 0 Å². The van der Waals surface area contributed by atoms with Gasteiger partial charge < -0.3 is 9.64 Å². The summed E-state index contributed by atoms with van der Waals surface area (Å²) >= 11 is 0. The molecule has 2 heterocycles. The number of anilines is 3. The molecule has 34 heavy (non-hydrogen) atoms. The third-order valence-electron chi connectivity index (χ3n) is 6.42. The molecule has 0 saturated heterocycles. The van der Waals surface area contributed by atoms with Gasteiger partial charge in [0.2, 0.25) is 0 Å². The van der Waals surface area contributed by atoms with Crippen molar-refractivity contribution in [2.24, 2.45) is 0 Å². The van der Waals surface area contributed by atoms with Gasteiger partial charge >= 0.3 is 0 Å². The number of rotatable bonds is 2. The Hall–Kier alpha value is -4.63. The lowest BCUT2D eigenvalue weighted by Crippen LogP contribution is -2.15. The standard InChI is InChI=1S/C31H20N2O/c1-2-10-22(11-3-1)33-27-16-8-9-17-29(27)34-30-20-21(18-19-28(30)33)31-25-14-5-4-12-23(25)24-13-6-7-15-26(24)32-31/h1-20H. The minimum absolute atomic E-state index is 0.819. The van der Waals surface area contributed by atoms with Crippen LogP contribution in [0.25, 0.3) is 32.9 Å². The Balaban J connectivity index is 1.45. The first kappa shape index (κ1) is 18.9. The summed E-state index contributed by atoms with van der Waals surface area (Å²) in [6.07, 6.45) is 0. The highest BCUT2D eigenvalue weighted by Crippen LogP contribution is 2.51. The van der Waals surface area contributed by atoms with Crippen molar-refractivity contribution in [3.05, 3.63) is 121 Å². The molecule has 0 bridgehead atoms. The van der Waals surface area contributed by atoms with Crippen molar-refractivity contribution in [3.63, 3.8) is 0 Å². The maximum atomic E-state index is 6.42. The predicted molar refractivity (Wildman–Crippen MR) is 139 cm³/mol. The van der Waals surface area contributed by atoms with Crippen molar-refractivity contribution < 1.29 is 4.74 Å². The minimum Gasteiger partial charge on any atom is -0.453 e. The number of aromatic nitrogens is 1. The normalized spacial score (nSPS) is 12.3. The summed E-state index contributed by atoms with van der Waals surface area (Å²) in [6.45, 7) is 0. The Bertz CT molecular complexity index is 1690. The molecule has 6 aromatic rings. The molecule has 0 N–H and O–H groups in total. The molecule has 1 aliphatic heterocycles. The number of nitrogens with zero attached hydrogens (tertiary/aromatic N) is 2. The predicted octanol–water partition coefficient (Wildman–Crippen LogP) is 8.63. The van der Waals surface area contributed by atoms with Gasteiger partial charge in [-0.15, -0.1) is 0 Å². The molecule has 0 saturated carbocycles.